The number of likely N-dealkylation sites (tertiary alicyclic amines) is 1. The van der Waals surface area contributed by atoms with Crippen LogP contribution in [-0.2, 0) is 4.79 Å². The average Bonchev–Trinajstić information content (AvgIpc) is 3.28. The van der Waals surface area contributed by atoms with Gasteiger partial charge in [-0.15, -0.1) is 0 Å². The molecule has 2 N–H and O–H groups in total. The van der Waals surface area contributed by atoms with Gasteiger partial charge in [-0.2, -0.15) is 0 Å². The summed E-state index contributed by atoms with van der Waals surface area (Å²) in [5.74, 6) is 0.947. The van der Waals surface area contributed by atoms with Crippen LogP contribution in [0.5, 0.6) is 0 Å². The highest BCUT2D eigenvalue weighted by Gasteiger charge is 2.30. The monoisotopic (exact) mass is 343 g/mol. The Balaban J connectivity index is 1.42. The molecule has 1 atom stereocenters. The van der Waals surface area contributed by atoms with Gasteiger partial charge in [0.2, 0.25) is 5.91 Å². The maximum atomic E-state index is 12.3. The molecule has 0 saturated carbocycles. The third-order valence-corrected chi connectivity index (χ3v) is 4.90. The molecular weight excluding hydrogens is 314 g/mol. The quantitative estimate of drug-likeness (QED) is 0.466. The van der Waals surface area contributed by atoms with E-state index < -0.39 is 0 Å². The van der Waals surface area contributed by atoms with Gasteiger partial charge in [-0.3, -0.25) is 9.79 Å². The van der Waals surface area contributed by atoms with Crippen LogP contribution in [0.2, 0.25) is 0 Å². The Kier molecular flexibility index (Phi) is 6.28. The number of hydrogen-bond donors (Lipinski definition) is 2. The predicted octanol–water partition coefficient (Wildman–Crippen LogP) is 1.44. The molecule has 0 aromatic heterocycles. The first-order valence-corrected chi connectivity index (χ1v) is 9.31. The van der Waals surface area contributed by atoms with E-state index in [1.54, 1.807) is 7.05 Å². The van der Waals surface area contributed by atoms with E-state index in [-0.39, 0.29) is 11.9 Å². The van der Waals surface area contributed by atoms with Gasteiger partial charge in [0.15, 0.2) is 5.96 Å². The number of guanidine groups is 1. The fraction of sp³-hybridized carbons (Fsp3) is 0.579. The molecule has 1 unspecified atom stereocenters. The summed E-state index contributed by atoms with van der Waals surface area (Å²) in [5.41, 5.74) is 0.963. The first-order chi connectivity index (χ1) is 12.3. The SMILES string of the molecule is CN=C(NCCCN1CCCC1)NC1CC(=O)N(c2ccccc2)C1. The largest absolute Gasteiger partial charge is 0.356 e. The number of carbonyl (C=O) groups excluding carboxylic acids is 1. The van der Waals surface area contributed by atoms with Gasteiger partial charge < -0.3 is 20.4 Å². The van der Waals surface area contributed by atoms with Crippen molar-refractivity contribution in [3.8, 4) is 0 Å². The lowest BCUT2D eigenvalue weighted by Gasteiger charge is -2.19. The summed E-state index contributed by atoms with van der Waals surface area (Å²) < 4.78 is 0. The van der Waals surface area contributed by atoms with Gasteiger partial charge in [0, 0.05) is 32.2 Å². The van der Waals surface area contributed by atoms with Crippen molar-refractivity contribution in [3.05, 3.63) is 30.3 Å². The second-order valence-electron chi connectivity index (χ2n) is 6.79. The van der Waals surface area contributed by atoms with Crippen LogP contribution >= 0.6 is 0 Å². The van der Waals surface area contributed by atoms with Crippen LogP contribution < -0.4 is 15.5 Å². The topological polar surface area (TPSA) is 60.0 Å². The molecule has 25 heavy (non-hydrogen) atoms. The van der Waals surface area contributed by atoms with E-state index in [1.807, 2.05) is 35.2 Å². The van der Waals surface area contributed by atoms with Crippen molar-refractivity contribution in [2.75, 3.05) is 44.7 Å². The van der Waals surface area contributed by atoms with Crippen LogP contribution in [0, 0.1) is 0 Å². The minimum absolute atomic E-state index is 0.0949. The van der Waals surface area contributed by atoms with Gasteiger partial charge >= 0.3 is 0 Å². The fourth-order valence-electron chi connectivity index (χ4n) is 3.57. The zero-order valence-electron chi connectivity index (χ0n) is 15.1. The number of amides is 1. The van der Waals surface area contributed by atoms with Gasteiger partial charge in [-0.05, 0) is 51.0 Å². The van der Waals surface area contributed by atoms with Gasteiger partial charge in [-0.25, -0.2) is 0 Å². The number of nitrogens with zero attached hydrogens (tertiary/aromatic N) is 3. The van der Waals surface area contributed by atoms with E-state index >= 15 is 0 Å². The molecule has 2 aliphatic heterocycles. The highest BCUT2D eigenvalue weighted by atomic mass is 16.2. The Morgan fingerprint density at radius 2 is 2.00 bits per heavy atom. The number of hydrogen-bond acceptors (Lipinski definition) is 3. The van der Waals surface area contributed by atoms with E-state index in [1.165, 1.54) is 25.9 Å². The van der Waals surface area contributed by atoms with Crippen molar-refractivity contribution in [1.82, 2.24) is 15.5 Å². The smallest absolute Gasteiger partial charge is 0.229 e. The molecule has 0 aliphatic carbocycles. The van der Waals surface area contributed by atoms with Crippen molar-refractivity contribution in [1.29, 1.82) is 0 Å². The van der Waals surface area contributed by atoms with Crippen LogP contribution in [0.3, 0.4) is 0 Å². The molecule has 1 aromatic carbocycles. The van der Waals surface area contributed by atoms with Crippen LogP contribution in [0.1, 0.15) is 25.7 Å². The minimum atomic E-state index is 0.0949. The van der Waals surface area contributed by atoms with E-state index in [4.69, 9.17) is 0 Å². The number of para-hydroxylation sites is 1. The lowest BCUT2D eigenvalue weighted by Crippen LogP contribution is -2.45. The normalized spacial score (nSPS) is 21.8. The van der Waals surface area contributed by atoms with Crippen molar-refractivity contribution in [3.63, 3.8) is 0 Å². The zero-order valence-corrected chi connectivity index (χ0v) is 15.1. The average molecular weight is 343 g/mol. The summed E-state index contributed by atoms with van der Waals surface area (Å²) in [6, 6.07) is 9.94. The maximum Gasteiger partial charge on any atom is 0.229 e. The van der Waals surface area contributed by atoms with Crippen LogP contribution in [0.25, 0.3) is 0 Å². The summed E-state index contributed by atoms with van der Waals surface area (Å²) in [7, 11) is 1.78. The molecule has 2 aliphatic rings. The summed E-state index contributed by atoms with van der Waals surface area (Å²) in [4.78, 5) is 20.9. The number of carbonyl (C=O) groups is 1. The van der Waals surface area contributed by atoms with Crippen molar-refractivity contribution < 1.29 is 4.79 Å². The Bertz CT molecular complexity index is 583. The zero-order chi connectivity index (χ0) is 17.5. The second kappa shape index (κ2) is 8.85. The Hall–Kier alpha value is -2.08. The van der Waals surface area contributed by atoms with E-state index in [2.05, 4.69) is 20.5 Å². The van der Waals surface area contributed by atoms with Crippen LogP contribution in [-0.4, -0.2) is 62.6 Å². The predicted molar refractivity (Wildman–Crippen MR) is 102 cm³/mol. The summed E-state index contributed by atoms with van der Waals surface area (Å²) >= 11 is 0. The second-order valence-corrected chi connectivity index (χ2v) is 6.79. The number of anilines is 1. The minimum Gasteiger partial charge on any atom is -0.356 e. The van der Waals surface area contributed by atoms with Gasteiger partial charge in [-0.1, -0.05) is 18.2 Å². The Morgan fingerprint density at radius 1 is 1.24 bits per heavy atom. The fourth-order valence-corrected chi connectivity index (χ4v) is 3.57. The molecule has 2 saturated heterocycles. The number of aliphatic imine (C=N–C) groups is 1. The Morgan fingerprint density at radius 3 is 2.72 bits per heavy atom. The molecule has 1 aromatic rings. The first-order valence-electron chi connectivity index (χ1n) is 9.31. The number of rotatable bonds is 6. The van der Waals surface area contributed by atoms with Crippen LogP contribution in [0.15, 0.2) is 35.3 Å². The van der Waals surface area contributed by atoms with Crippen molar-refractivity contribution >= 4 is 17.6 Å². The molecule has 1 amide bonds. The van der Waals surface area contributed by atoms with Crippen molar-refractivity contribution in [2.24, 2.45) is 4.99 Å². The maximum absolute atomic E-state index is 12.3. The summed E-state index contributed by atoms with van der Waals surface area (Å²) in [6.45, 7) is 5.21. The number of nitrogens with one attached hydrogen (secondary N) is 2. The number of benzene rings is 1. The molecular formula is C19H29N5O. The third kappa shape index (κ3) is 4.95. The molecule has 6 nitrogen and oxygen atoms in total. The van der Waals surface area contributed by atoms with E-state index in [0.717, 1.165) is 31.2 Å². The molecule has 0 bridgehead atoms. The molecule has 2 fully saturated rings. The molecule has 0 radical (unpaired) electrons. The standard InChI is InChI=1S/C19H29N5O/c1-20-19(21-10-7-13-23-11-5-6-12-23)22-16-14-18(25)24(15-16)17-8-3-2-4-9-17/h2-4,8-9,16H,5-7,10-15H2,1H3,(H2,20,21,22). The molecule has 2 heterocycles. The third-order valence-electron chi connectivity index (χ3n) is 4.90. The van der Waals surface area contributed by atoms with Crippen molar-refractivity contribution in [2.45, 2.75) is 31.7 Å². The molecule has 0 spiro atoms. The molecule has 136 valence electrons. The molecule has 6 heteroatoms. The van der Waals surface area contributed by atoms with Gasteiger partial charge in [0.05, 0.1) is 6.04 Å². The van der Waals surface area contributed by atoms with Gasteiger partial charge in [0.25, 0.3) is 0 Å². The van der Waals surface area contributed by atoms with Gasteiger partial charge in [0.1, 0.15) is 0 Å². The highest BCUT2D eigenvalue weighted by molar-refractivity contribution is 5.97. The lowest BCUT2D eigenvalue weighted by atomic mass is 10.2. The summed E-state index contributed by atoms with van der Waals surface area (Å²) in [5, 5.41) is 6.76. The molecule has 3 rings (SSSR count). The first kappa shape index (κ1) is 17.7. The van der Waals surface area contributed by atoms with Crippen LogP contribution in [0.4, 0.5) is 5.69 Å². The Labute approximate surface area is 150 Å². The summed E-state index contributed by atoms with van der Waals surface area (Å²) in [6.07, 6.45) is 4.29. The highest BCUT2D eigenvalue weighted by Crippen LogP contribution is 2.20. The van der Waals surface area contributed by atoms with E-state index in [9.17, 15) is 4.79 Å². The lowest BCUT2D eigenvalue weighted by molar-refractivity contribution is -0.117. The van der Waals surface area contributed by atoms with E-state index in [0.29, 0.717) is 13.0 Å².